The predicted octanol–water partition coefficient (Wildman–Crippen LogP) is 2.60. The Morgan fingerprint density at radius 3 is 2.88 bits per heavy atom. The van der Waals surface area contributed by atoms with Crippen LogP contribution in [-0.4, -0.2) is 67.0 Å². The van der Waals surface area contributed by atoms with E-state index in [1.54, 1.807) is 12.4 Å². The maximum absolute atomic E-state index is 12.7. The van der Waals surface area contributed by atoms with Crippen molar-refractivity contribution in [3.8, 4) is 0 Å². The summed E-state index contributed by atoms with van der Waals surface area (Å²) in [6.07, 6.45) is 7.22. The van der Waals surface area contributed by atoms with E-state index in [2.05, 4.69) is 4.98 Å². The highest BCUT2D eigenvalue weighted by molar-refractivity contribution is 5.94. The summed E-state index contributed by atoms with van der Waals surface area (Å²) in [4.78, 5) is 18.8. The molecule has 1 aromatic heterocycles. The number of aromatic nitrogens is 1. The Labute approximate surface area is 155 Å². The molecular formula is C20H30N2O4. The molecule has 0 radical (unpaired) electrons. The minimum atomic E-state index is -0.143. The van der Waals surface area contributed by atoms with Gasteiger partial charge in [0.25, 0.3) is 5.91 Å². The third kappa shape index (κ3) is 4.81. The van der Waals surface area contributed by atoms with Gasteiger partial charge in [-0.1, -0.05) is 0 Å². The van der Waals surface area contributed by atoms with E-state index in [0.29, 0.717) is 18.8 Å². The van der Waals surface area contributed by atoms with Crippen molar-refractivity contribution >= 4 is 5.91 Å². The zero-order valence-electron chi connectivity index (χ0n) is 15.9. The molecule has 2 aliphatic rings. The highest BCUT2D eigenvalue weighted by Gasteiger charge is 2.41. The summed E-state index contributed by atoms with van der Waals surface area (Å²) in [6.45, 7) is 8.13. The van der Waals surface area contributed by atoms with Crippen molar-refractivity contribution in [1.82, 2.24) is 9.88 Å². The quantitative estimate of drug-likeness (QED) is 0.728. The molecule has 2 saturated heterocycles. The number of carbonyl (C=O) groups is 1. The number of pyridine rings is 1. The van der Waals surface area contributed by atoms with Crippen LogP contribution in [0.1, 0.15) is 48.5 Å². The van der Waals surface area contributed by atoms with Crippen molar-refractivity contribution in [2.45, 2.75) is 51.2 Å². The fraction of sp³-hybridized carbons (Fsp3) is 0.700. The monoisotopic (exact) mass is 362 g/mol. The van der Waals surface area contributed by atoms with E-state index in [-0.39, 0.29) is 17.6 Å². The molecule has 1 amide bonds. The van der Waals surface area contributed by atoms with Gasteiger partial charge < -0.3 is 19.1 Å². The SMILES string of the molecule is CCOCCOC1CCOC2(CCN(C(=O)c3cncc(C)c3)CC2)C1. The molecule has 3 heterocycles. The number of hydrogen-bond acceptors (Lipinski definition) is 5. The van der Waals surface area contributed by atoms with E-state index in [1.807, 2.05) is 24.8 Å². The number of likely N-dealkylation sites (tertiary alicyclic amines) is 1. The lowest BCUT2D eigenvalue weighted by atomic mass is 9.83. The second kappa shape index (κ2) is 8.93. The molecule has 0 bridgehead atoms. The Morgan fingerprint density at radius 2 is 2.15 bits per heavy atom. The molecule has 0 N–H and O–H groups in total. The van der Waals surface area contributed by atoms with Crippen LogP contribution < -0.4 is 0 Å². The molecular weight excluding hydrogens is 332 g/mol. The molecule has 144 valence electrons. The number of ether oxygens (including phenoxy) is 3. The van der Waals surface area contributed by atoms with E-state index < -0.39 is 0 Å². The number of carbonyl (C=O) groups excluding carboxylic acids is 1. The Kier molecular flexibility index (Phi) is 6.62. The minimum absolute atomic E-state index is 0.0661. The van der Waals surface area contributed by atoms with E-state index in [1.165, 1.54) is 0 Å². The topological polar surface area (TPSA) is 60.9 Å². The van der Waals surface area contributed by atoms with Crippen LogP contribution >= 0.6 is 0 Å². The van der Waals surface area contributed by atoms with Gasteiger partial charge in [-0.15, -0.1) is 0 Å². The Balaban J connectivity index is 1.51. The lowest BCUT2D eigenvalue weighted by Gasteiger charge is -2.46. The van der Waals surface area contributed by atoms with Gasteiger partial charge in [-0.25, -0.2) is 0 Å². The van der Waals surface area contributed by atoms with Gasteiger partial charge in [0.1, 0.15) is 0 Å². The molecule has 2 aliphatic heterocycles. The first-order valence-corrected chi connectivity index (χ1v) is 9.66. The zero-order chi connectivity index (χ0) is 18.4. The van der Waals surface area contributed by atoms with Gasteiger partial charge in [-0.2, -0.15) is 0 Å². The average Bonchev–Trinajstić information content (AvgIpc) is 2.66. The molecule has 6 nitrogen and oxygen atoms in total. The summed E-state index contributed by atoms with van der Waals surface area (Å²) in [7, 11) is 0. The van der Waals surface area contributed by atoms with Crippen molar-refractivity contribution in [2.75, 3.05) is 39.5 Å². The Morgan fingerprint density at radius 1 is 1.35 bits per heavy atom. The number of piperidine rings is 1. The van der Waals surface area contributed by atoms with Gasteiger partial charge in [-0.05, 0) is 44.7 Å². The van der Waals surface area contributed by atoms with Crippen LogP contribution in [0.3, 0.4) is 0 Å². The maximum atomic E-state index is 12.7. The van der Waals surface area contributed by atoms with Crippen LogP contribution in [-0.2, 0) is 14.2 Å². The first-order chi connectivity index (χ1) is 12.6. The average molecular weight is 362 g/mol. The summed E-state index contributed by atoms with van der Waals surface area (Å²) >= 11 is 0. The fourth-order valence-corrected chi connectivity index (χ4v) is 3.86. The normalized spacial score (nSPS) is 22.5. The van der Waals surface area contributed by atoms with Crippen molar-refractivity contribution in [2.24, 2.45) is 0 Å². The molecule has 1 atom stereocenters. The molecule has 1 unspecified atom stereocenters. The Hall–Kier alpha value is -1.50. The van der Waals surface area contributed by atoms with E-state index in [0.717, 1.165) is 57.6 Å². The van der Waals surface area contributed by atoms with Gasteiger partial charge >= 0.3 is 0 Å². The number of nitrogens with zero attached hydrogens (tertiary/aromatic N) is 2. The minimum Gasteiger partial charge on any atom is -0.379 e. The van der Waals surface area contributed by atoms with Gasteiger partial charge in [-0.3, -0.25) is 9.78 Å². The van der Waals surface area contributed by atoms with Crippen molar-refractivity contribution < 1.29 is 19.0 Å². The lowest BCUT2D eigenvalue weighted by Crippen LogP contribution is -2.52. The van der Waals surface area contributed by atoms with Crippen LogP contribution in [0, 0.1) is 6.92 Å². The highest BCUT2D eigenvalue weighted by atomic mass is 16.5. The molecule has 1 aromatic rings. The molecule has 1 spiro atoms. The summed E-state index contributed by atoms with van der Waals surface area (Å²) in [5.74, 6) is 0.0661. The van der Waals surface area contributed by atoms with Crippen LogP contribution in [0.25, 0.3) is 0 Å². The lowest BCUT2D eigenvalue weighted by molar-refractivity contribution is -0.155. The number of amides is 1. The zero-order valence-corrected chi connectivity index (χ0v) is 15.9. The van der Waals surface area contributed by atoms with Gasteiger partial charge in [0.2, 0.25) is 0 Å². The number of rotatable bonds is 6. The maximum Gasteiger partial charge on any atom is 0.255 e. The third-order valence-electron chi connectivity index (χ3n) is 5.32. The van der Waals surface area contributed by atoms with Crippen molar-refractivity contribution in [1.29, 1.82) is 0 Å². The molecule has 2 fully saturated rings. The van der Waals surface area contributed by atoms with E-state index in [9.17, 15) is 4.79 Å². The van der Waals surface area contributed by atoms with Crippen LogP contribution in [0.4, 0.5) is 0 Å². The molecule has 0 saturated carbocycles. The second-order valence-electron chi connectivity index (χ2n) is 7.26. The van der Waals surface area contributed by atoms with Crippen LogP contribution in [0.15, 0.2) is 18.5 Å². The molecule has 0 aromatic carbocycles. The number of aryl methyl sites for hydroxylation is 1. The summed E-state index contributed by atoms with van der Waals surface area (Å²) in [5.41, 5.74) is 1.53. The molecule has 26 heavy (non-hydrogen) atoms. The first kappa shape index (κ1) is 19.3. The van der Waals surface area contributed by atoms with Gasteiger partial charge in [0.05, 0.1) is 30.5 Å². The second-order valence-corrected chi connectivity index (χ2v) is 7.26. The molecule has 6 heteroatoms. The van der Waals surface area contributed by atoms with Gasteiger partial charge in [0.15, 0.2) is 0 Å². The summed E-state index contributed by atoms with van der Waals surface area (Å²) < 4.78 is 17.5. The van der Waals surface area contributed by atoms with E-state index >= 15 is 0 Å². The molecule has 0 aliphatic carbocycles. The summed E-state index contributed by atoms with van der Waals surface area (Å²) in [6, 6.07) is 1.90. The predicted molar refractivity (Wildman–Crippen MR) is 98.3 cm³/mol. The molecule has 3 rings (SSSR count). The smallest absolute Gasteiger partial charge is 0.255 e. The fourth-order valence-electron chi connectivity index (χ4n) is 3.86. The van der Waals surface area contributed by atoms with Crippen molar-refractivity contribution in [3.05, 3.63) is 29.6 Å². The largest absolute Gasteiger partial charge is 0.379 e. The highest BCUT2D eigenvalue weighted by Crippen LogP contribution is 2.36. The standard InChI is InChI=1S/C20H30N2O4/c1-3-24-10-11-25-18-4-9-26-20(13-18)5-7-22(8-6-20)19(23)17-12-16(2)14-21-15-17/h12,14-15,18H,3-11,13H2,1-2H3. The first-order valence-electron chi connectivity index (χ1n) is 9.66. The number of hydrogen-bond donors (Lipinski definition) is 0. The Bertz CT molecular complexity index is 599. The van der Waals surface area contributed by atoms with E-state index in [4.69, 9.17) is 14.2 Å². The summed E-state index contributed by atoms with van der Waals surface area (Å²) in [5, 5.41) is 0. The van der Waals surface area contributed by atoms with Crippen LogP contribution in [0.5, 0.6) is 0 Å². The van der Waals surface area contributed by atoms with Crippen molar-refractivity contribution in [3.63, 3.8) is 0 Å². The van der Waals surface area contributed by atoms with Crippen LogP contribution in [0.2, 0.25) is 0 Å². The third-order valence-corrected chi connectivity index (χ3v) is 5.32. The van der Waals surface area contributed by atoms with Gasteiger partial charge in [0, 0.05) is 45.1 Å².